The van der Waals surface area contributed by atoms with Gasteiger partial charge in [0.15, 0.2) is 5.76 Å². The van der Waals surface area contributed by atoms with Gasteiger partial charge in [-0.25, -0.2) is 0 Å². The van der Waals surface area contributed by atoms with Gasteiger partial charge in [0.05, 0.1) is 5.56 Å². The molecule has 1 aromatic carbocycles. The number of carbonyl (C=O) groups excluding carboxylic acids is 1. The zero-order valence-corrected chi connectivity index (χ0v) is 12.9. The second-order valence-electron chi connectivity index (χ2n) is 5.15. The van der Waals surface area contributed by atoms with E-state index in [-0.39, 0.29) is 17.4 Å². The average Bonchev–Trinajstić information content (AvgIpc) is 3.04. The Morgan fingerprint density at radius 2 is 1.87 bits per heavy atom. The van der Waals surface area contributed by atoms with Gasteiger partial charge in [0.25, 0.3) is 5.91 Å². The molecular weight excluding hydrogens is 327 g/mol. The minimum Gasteiger partial charge on any atom is -0.451 e. The summed E-state index contributed by atoms with van der Waals surface area (Å²) in [5.74, 6) is 1.96. The Labute approximate surface area is 135 Å². The van der Waals surface area contributed by atoms with Gasteiger partial charge in [-0.3, -0.25) is 4.79 Å². The van der Waals surface area contributed by atoms with Crippen molar-refractivity contribution in [2.45, 2.75) is 6.18 Å². The Morgan fingerprint density at radius 1 is 1.13 bits per heavy atom. The summed E-state index contributed by atoms with van der Waals surface area (Å²) in [5, 5.41) is 0. The van der Waals surface area contributed by atoms with Crippen molar-refractivity contribution < 1.29 is 22.4 Å². The number of furan rings is 1. The molecule has 0 atom stereocenters. The third-order valence-corrected chi connectivity index (χ3v) is 4.53. The number of thioether (sulfide) groups is 1. The molecule has 122 valence electrons. The molecule has 0 N–H and O–H groups in total. The van der Waals surface area contributed by atoms with Crippen LogP contribution in [-0.4, -0.2) is 35.4 Å². The van der Waals surface area contributed by atoms with E-state index < -0.39 is 11.7 Å². The van der Waals surface area contributed by atoms with E-state index in [4.69, 9.17) is 4.42 Å². The second-order valence-corrected chi connectivity index (χ2v) is 6.37. The summed E-state index contributed by atoms with van der Waals surface area (Å²) in [6.45, 7) is 1.31. The molecule has 1 fully saturated rings. The molecule has 2 aromatic rings. The number of hydrogen-bond acceptors (Lipinski definition) is 3. The Hall–Kier alpha value is -1.89. The summed E-state index contributed by atoms with van der Waals surface area (Å²) in [6.07, 6.45) is -4.41. The first kappa shape index (κ1) is 16.0. The van der Waals surface area contributed by atoms with E-state index in [1.54, 1.807) is 16.7 Å². The molecule has 3 rings (SSSR count). The lowest BCUT2D eigenvalue weighted by Gasteiger charge is -2.25. The largest absolute Gasteiger partial charge is 0.451 e. The quantitative estimate of drug-likeness (QED) is 0.823. The fourth-order valence-corrected chi connectivity index (χ4v) is 3.28. The van der Waals surface area contributed by atoms with Crippen LogP contribution < -0.4 is 0 Å². The molecular formula is C16H14F3NO2S. The van der Waals surface area contributed by atoms with Crippen LogP contribution in [-0.2, 0) is 6.18 Å². The molecule has 1 aliphatic heterocycles. The number of amides is 1. The van der Waals surface area contributed by atoms with Crippen molar-refractivity contribution in [1.82, 2.24) is 4.90 Å². The SMILES string of the molecule is O=C(c1ccc(-c2cccc(C(F)(F)F)c2)o1)N1CCSCC1. The number of halogens is 3. The van der Waals surface area contributed by atoms with Crippen LogP contribution in [0.15, 0.2) is 40.8 Å². The van der Waals surface area contributed by atoms with Crippen LogP contribution in [0.4, 0.5) is 13.2 Å². The summed E-state index contributed by atoms with van der Waals surface area (Å²) in [7, 11) is 0. The van der Waals surface area contributed by atoms with Crippen molar-refractivity contribution in [3.63, 3.8) is 0 Å². The van der Waals surface area contributed by atoms with Gasteiger partial charge < -0.3 is 9.32 Å². The lowest BCUT2D eigenvalue weighted by Crippen LogP contribution is -2.37. The van der Waals surface area contributed by atoms with Gasteiger partial charge in [0, 0.05) is 30.2 Å². The van der Waals surface area contributed by atoms with E-state index in [2.05, 4.69) is 0 Å². The Balaban J connectivity index is 1.83. The molecule has 0 aliphatic carbocycles. The van der Waals surface area contributed by atoms with Crippen LogP contribution in [0.25, 0.3) is 11.3 Å². The summed E-state index contributed by atoms with van der Waals surface area (Å²) < 4.78 is 43.8. The lowest BCUT2D eigenvalue weighted by molar-refractivity contribution is -0.137. The molecule has 0 radical (unpaired) electrons. The maximum Gasteiger partial charge on any atom is 0.416 e. The zero-order valence-electron chi connectivity index (χ0n) is 12.1. The van der Waals surface area contributed by atoms with Crippen molar-refractivity contribution >= 4 is 17.7 Å². The molecule has 0 unspecified atom stereocenters. The monoisotopic (exact) mass is 341 g/mol. The first-order valence-electron chi connectivity index (χ1n) is 7.09. The molecule has 2 heterocycles. The van der Waals surface area contributed by atoms with Crippen LogP contribution in [0.1, 0.15) is 16.1 Å². The van der Waals surface area contributed by atoms with Gasteiger partial charge >= 0.3 is 6.18 Å². The maximum atomic E-state index is 12.8. The highest BCUT2D eigenvalue weighted by atomic mass is 32.2. The summed E-state index contributed by atoms with van der Waals surface area (Å²) in [4.78, 5) is 14.0. The highest BCUT2D eigenvalue weighted by Gasteiger charge is 2.30. The van der Waals surface area contributed by atoms with Crippen molar-refractivity contribution in [3.8, 4) is 11.3 Å². The first-order valence-corrected chi connectivity index (χ1v) is 8.25. The van der Waals surface area contributed by atoms with E-state index in [0.29, 0.717) is 18.7 Å². The maximum absolute atomic E-state index is 12.8. The number of nitrogens with zero attached hydrogens (tertiary/aromatic N) is 1. The van der Waals surface area contributed by atoms with Crippen molar-refractivity contribution in [2.24, 2.45) is 0 Å². The molecule has 7 heteroatoms. The second kappa shape index (κ2) is 6.31. The predicted molar refractivity (Wildman–Crippen MR) is 82.4 cm³/mol. The third kappa shape index (κ3) is 3.55. The Morgan fingerprint density at radius 3 is 2.57 bits per heavy atom. The zero-order chi connectivity index (χ0) is 16.4. The van der Waals surface area contributed by atoms with Crippen LogP contribution in [0.3, 0.4) is 0 Å². The molecule has 0 saturated carbocycles. The fraction of sp³-hybridized carbons (Fsp3) is 0.312. The topological polar surface area (TPSA) is 33.5 Å². The van der Waals surface area contributed by atoms with E-state index in [9.17, 15) is 18.0 Å². The van der Waals surface area contributed by atoms with Crippen LogP contribution in [0.5, 0.6) is 0 Å². The molecule has 23 heavy (non-hydrogen) atoms. The van der Waals surface area contributed by atoms with Crippen molar-refractivity contribution in [2.75, 3.05) is 24.6 Å². The van der Waals surface area contributed by atoms with E-state index in [1.165, 1.54) is 24.3 Å². The standard InChI is InChI=1S/C16H14F3NO2S/c17-16(18,19)12-3-1-2-11(10-12)13-4-5-14(22-13)15(21)20-6-8-23-9-7-20/h1-5,10H,6-9H2. The summed E-state index contributed by atoms with van der Waals surface area (Å²) >= 11 is 1.79. The average molecular weight is 341 g/mol. The highest BCUT2D eigenvalue weighted by molar-refractivity contribution is 7.99. The molecule has 1 saturated heterocycles. The van der Waals surface area contributed by atoms with Gasteiger partial charge in [-0.05, 0) is 24.3 Å². The summed E-state index contributed by atoms with van der Waals surface area (Å²) in [6, 6.07) is 7.92. The fourth-order valence-electron chi connectivity index (χ4n) is 2.38. The smallest absolute Gasteiger partial charge is 0.416 e. The van der Waals surface area contributed by atoms with Gasteiger partial charge in [0.1, 0.15) is 5.76 Å². The number of hydrogen-bond donors (Lipinski definition) is 0. The van der Waals surface area contributed by atoms with E-state index in [0.717, 1.165) is 23.6 Å². The predicted octanol–water partition coefficient (Wildman–Crippen LogP) is 4.15. The minimum atomic E-state index is -4.41. The van der Waals surface area contributed by atoms with Gasteiger partial charge in [-0.1, -0.05) is 12.1 Å². The normalized spacial score (nSPS) is 15.7. The van der Waals surface area contributed by atoms with Crippen LogP contribution in [0.2, 0.25) is 0 Å². The van der Waals surface area contributed by atoms with E-state index in [1.807, 2.05) is 0 Å². The molecule has 1 aliphatic rings. The Bertz CT molecular complexity index is 705. The Kier molecular flexibility index (Phi) is 4.39. The highest BCUT2D eigenvalue weighted by Crippen LogP contribution is 2.32. The lowest BCUT2D eigenvalue weighted by atomic mass is 10.1. The molecule has 3 nitrogen and oxygen atoms in total. The number of alkyl halides is 3. The van der Waals surface area contributed by atoms with Gasteiger partial charge in [-0.2, -0.15) is 24.9 Å². The molecule has 1 amide bonds. The molecule has 1 aromatic heterocycles. The van der Waals surface area contributed by atoms with E-state index >= 15 is 0 Å². The molecule has 0 bridgehead atoms. The van der Waals surface area contributed by atoms with Crippen molar-refractivity contribution in [1.29, 1.82) is 0 Å². The van der Waals surface area contributed by atoms with Gasteiger partial charge in [-0.15, -0.1) is 0 Å². The minimum absolute atomic E-state index is 0.157. The number of benzene rings is 1. The number of carbonyl (C=O) groups is 1. The van der Waals surface area contributed by atoms with Crippen molar-refractivity contribution in [3.05, 3.63) is 47.7 Å². The van der Waals surface area contributed by atoms with Crippen LogP contribution in [0, 0.1) is 0 Å². The first-order chi connectivity index (χ1) is 10.9. The third-order valence-electron chi connectivity index (χ3n) is 3.59. The van der Waals surface area contributed by atoms with Crippen LogP contribution >= 0.6 is 11.8 Å². The number of rotatable bonds is 2. The summed E-state index contributed by atoms with van der Waals surface area (Å²) in [5.41, 5.74) is -0.444. The molecule has 0 spiro atoms. The van der Waals surface area contributed by atoms with Gasteiger partial charge in [0.2, 0.25) is 0 Å².